The van der Waals surface area contributed by atoms with Crippen LogP contribution in [0.5, 0.6) is 0 Å². The van der Waals surface area contributed by atoms with Crippen LogP contribution in [0.2, 0.25) is 0 Å². The van der Waals surface area contributed by atoms with E-state index < -0.39 is 0 Å². The Kier molecular flexibility index (Phi) is 15.8. The van der Waals surface area contributed by atoms with Crippen molar-refractivity contribution in [3.05, 3.63) is 35.1 Å². The molecule has 1 aliphatic carbocycles. The van der Waals surface area contributed by atoms with Gasteiger partial charge in [0.1, 0.15) is 5.82 Å². The molecule has 0 radical (unpaired) electrons. The number of hydrogen-bond donors (Lipinski definition) is 3. The predicted octanol–water partition coefficient (Wildman–Crippen LogP) is 5.78. The highest BCUT2D eigenvalue weighted by Gasteiger charge is 2.21. The first-order chi connectivity index (χ1) is 12.2. The molecule has 1 unspecified atom stereocenters. The third-order valence-corrected chi connectivity index (χ3v) is 5.06. The van der Waals surface area contributed by atoms with Crippen LogP contribution in [-0.4, -0.2) is 18.6 Å². The molecule has 1 fully saturated rings. The van der Waals surface area contributed by atoms with Crippen LogP contribution in [0.25, 0.3) is 0 Å². The Morgan fingerprint density at radius 3 is 2.56 bits per heavy atom. The van der Waals surface area contributed by atoms with Crippen LogP contribution in [0.1, 0.15) is 70.0 Å². The summed E-state index contributed by atoms with van der Waals surface area (Å²) in [6.07, 6.45) is 8.58. The van der Waals surface area contributed by atoms with Gasteiger partial charge in [0.15, 0.2) is 0 Å². The monoisotopic (exact) mass is 388 g/mol. The third kappa shape index (κ3) is 11.2. The van der Waals surface area contributed by atoms with Crippen LogP contribution in [0.3, 0.4) is 0 Å². The molecule has 2 rings (SSSR count). The molecule has 0 heterocycles. The molecule has 0 spiro atoms. The molecule has 1 aromatic rings. The van der Waals surface area contributed by atoms with Gasteiger partial charge < -0.3 is 5.73 Å². The second-order valence-electron chi connectivity index (χ2n) is 6.02. The summed E-state index contributed by atoms with van der Waals surface area (Å²) < 4.78 is 17.3. The lowest BCUT2D eigenvalue weighted by molar-refractivity contribution is 0.594. The van der Waals surface area contributed by atoms with Crippen LogP contribution in [0, 0.1) is 11.7 Å². The molecule has 0 amide bonds. The maximum Gasteiger partial charge on any atom is 0.126 e. The van der Waals surface area contributed by atoms with Gasteiger partial charge in [0.2, 0.25) is 0 Å². The van der Waals surface area contributed by atoms with E-state index >= 15 is 0 Å². The normalized spacial score (nSPS) is 14.0. The van der Waals surface area contributed by atoms with Gasteiger partial charge in [-0.2, -0.15) is 12.6 Å². The third-order valence-electron chi connectivity index (χ3n) is 4.05. The first kappa shape index (κ1) is 24.8. The molecular weight excluding hydrogens is 351 g/mol. The topological polar surface area (TPSA) is 38.0 Å². The SMILES string of the molecule is CC.CC(NSCCCCN)c1ccc(F)c(CCC2CC2)c1.CS. The van der Waals surface area contributed by atoms with Crippen LogP contribution < -0.4 is 10.5 Å². The molecule has 1 aromatic carbocycles. The smallest absolute Gasteiger partial charge is 0.126 e. The summed E-state index contributed by atoms with van der Waals surface area (Å²) >= 11 is 5.26. The fourth-order valence-electron chi connectivity index (χ4n) is 2.39. The van der Waals surface area contributed by atoms with E-state index in [0.717, 1.165) is 49.5 Å². The van der Waals surface area contributed by atoms with Gasteiger partial charge in [0.05, 0.1) is 0 Å². The Morgan fingerprint density at radius 1 is 1.28 bits per heavy atom. The average molecular weight is 389 g/mol. The van der Waals surface area contributed by atoms with Gasteiger partial charge in [-0.25, -0.2) is 4.39 Å². The van der Waals surface area contributed by atoms with Crippen LogP contribution in [-0.2, 0) is 6.42 Å². The minimum Gasteiger partial charge on any atom is -0.330 e. The first-order valence-electron chi connectivity index (χ1n) is 9.51. The highest BCUT2D eigenvalue weighted by atomic mass is 32.2. The number of thiol groups is 1. The molecule has 0 bridgehead atoms. The quantitative estimate of drug-likeness (QED) is 0.270. The van der Waals surface area contributed by atoms with E-state index in [1.165, 1.54) is 18.4 Å². The van der Waals surface area contributed by atoms with E-state index in [-0.39, 0.29) is 11.9 Å². The largest absolute Gasteiger partial charge is 0.330 e. The van der Waals surface area contributed by atoms with Crippen molar-refractivity contribution < 1.29 is 4.39 Å². The number of nitrogens with one attached hydrogen (secondary N) is 1. The molecule has 1 saturated carbocycles. The summed E-state index contributed by atoms with van der Waals surface area (Å²) in [5, 5.41) is 0. The molecule has 1 aliphatic rings. The number of nitrogens with two attached hydrogens (primary N) is 1. The van der Waals surface area contributed by atoms with Crippen LogP contribution in [0.15, 0.2) is 18.2 Å². The zero-order valence-corrected chi connectivity index (χ0v) is 18.1. The van der Waals surface area contributed by atoms with E-state index in [4.69, 9.17) is 5.73 Å². The standard InChI is InChI=1S/C17H27FN2S.C2H6.CH4S/c1-13(20-21-11-3-2-10-19)15-8-9-17(18)16(12-15)7-6-14-4-5-14;2*1-2/h8-9,12-14,20H,2-7,10-11,19H2,1H3;1-2H3;2H,1H3. The number of hydrogen-bond acceptors (Lipinski definition) is 4. The molecule has 0 aromatic heterocycles. The van der Waals surface area contributed by atoms with Crippen molar-refractivity contribution in [2.45, 2.75) is 65.3 Å². The molecular formula is C20H37FN2S2. The van der Waals surface area contributed by atoms with Crippen molar-refractivity contribution in [2.24, 2.45) is 11.7 Å². The maximum atomic E-state index is 13.9. The second-order valence-corrected chi connectivity index (χ2v) is 6.95. The van der Waals surface area contributed by atoms with Gasteiger partial charge in [-0.05, 0) is 68.5 Å². The van der Waals surface area contributed by atoms with Crippen molar-refractivity contribution in [2.75, 3.05) is 18.6 Å². The highest BCUT2D eigenvalue weighted by Crippen LogP contribution is 2.34. The molecule has 5 heteroatoms. The van der Waals surface area contributed by atoms with Crippen molar-refractivity contribution in [1.82, 2.24) is 4.72 Å². The number of halogens is 1. The highest BCUT2D eigenvalue weighted by molar-refractivity contribution is 7.97. The minimum absolute atomic E-state index is 0.0535. The lowest BCUT2D eigenvalue weighted by Gasteiger charge is -2.15. The van der Waals surface area contributed by atoms with E-state index in [9.17, 15) is 4.39 Å². The lowest BCUT2D eigenvalue weighted by Crippen LogP contribution is -2.12. The zero-order chi connectivity index (χ0) is 19.1. The number of rotatable bonds is 10. The van der Waals surface area contributed by atoms with E-state index in [0.29, 0.717) is 0 Å². The minimum atomic E-state index is -0.0535. The van der Waals surface area contributed by atoms with Gasteiger partial charge in [-0.1, -0.05) is 50.8 Å². The molecule has 25 heavy (non-hydrogen) atoms. The maximum absolute atomic E-state index is 13.9. The lowest BCUT2D eigenvalue weighted by atomic mass is 10.0. The van der Waals surface area contributed by atoms with Gasteiger partial charge in [-0.15, -0.1) is 0 Å². The Hall–Kier alpha value is -0.230. The van der Waals surface area contributed by atoms with E-state index in [2.05, 4.69) is 24.3 Å². The van der Waals surface area contributed by atoms with Crippen molar-refractivity contribution in [3.8, 4) is 0 Å². The Bertz CT molecular complexity index is 440. The summed E-state index contributed by atoms with van der Waals surface area (Å²) in [4.78, 5) is 0. The fourth-order valence-corrected chi connectivity index (χ4v) is 3.24. The number of benzene rings is 1. The molecule has 0 saturated heterocycles. The Balaban J connectivity index is 0.00000134. The van der Waals surface area contributed by atoms with Crippen LogP contribution >= 0.6 is 24.6 Å². The van der Waals surface area contributed by atoms with Crippen molar-refractivity contribution in [3.63, 3.8) is 0 Å². The Labute approximate surface area is 164 Å². The summed E-state index contributed by atoms with van der Waals surface area (Å²) in [5.41, 5.74) is 7.53. The summed E-state index contributed by atoms with van der Waals surface area (Å²) in [7, 11) is 0. The first-order valence-corrected chi connectivity index (χ1v) is 11.4. The average Bonchev–Trinajstić information content (AvgIpc) is 3.48. The summed E-state index contributed by atoms with van der Waals surface area (Å²) in [6.45, 7) is 6.90. The zero-order valence-electron chi connectivity index (χ0n) is 16.4. The molecule has 3 N–H and O–H groups in total. The summed E-state index contributed by atoms with van der Waals surface area (Å²) in [6, 6.07) is 5.80. The second kappa shape index (κ2) is 16.0. The van der Waals surface area contributed by atoms with E-state index in [1.807, 2.05) is 26.0 Å². The van der Waals surface area contributed by atoms with E-state index in [1.54, 1.807) is 24.3 Å². The molecule has 1 atom stereocenters. The van der Waals surface area contributed by atoms with Crippen LogP contribution in [0.4, 0.5) is 4.39 Å². The van der Waals surface area contributed by atoms with Gasteiger partial charge in [0, 0.05) is 11.8 Å². The predicted molar refractivity (Wildman–Crippen MR) is 116 cm³/mol. The Morgan fingerprint density at radius 2 is 1.96 bits per heavy atom. The molecule has 146 valence electrons. The fraction of sp³-hybridized carbons (Fsp3) is 0.700. The van der Waals surface area contributed by atoms with Crippen molar-refractivity contribution in [1.29, 1.82) is 0 Å². The summed E-state index contributed by atoms with van der Waals surface area (Å²) in [5.74, 6) is 1.86. The number of unbranched alkanes of at least 4 members (excludes halogenated alkanes) is 1. The number of aryl methyl sites for hydroxylation is 1. The molecule has 0 aliphatic heterocycles. The van der Waals surface area contributed by atoms with Gasteiger partial charge in [-0.3, -0.25) is 4.72 Å². The molecule has 2 nitrogen and oxygen atoms in total. The van der Waals surface area contributed by atoms with Gasteiger partial charge in [0.25, 0.3) is 0 Å². The van der Waals surface area contributed by atoms with Crippen molar-refractivity contribution >= 4 is 24.6 Å². The van der Waals surface area contributed by atoms with Gasteiger partial charge >= 0.3 is 0 Å².